The maximum Gasteiger partial charge on any atom is 0.308 e. The van der Waals surface area contributed by atoms with Gasteiger partial charge in [0.25, 0.3) is 0 Å². The van der Waals surface area contributed by atoms with Crippen LogP contribution in [0.2, 0.25) is 0 Å². The number of aliphatic imine (C=N–C) groups is 1. The van der Waals surface area contributed by atoms with E-state index in [0.717, 1.165) is 38.4 Å². The molecule has 1 N–H and O–H groups in total. The van der Waals surface area contributed by atoms with E-state index in [1.54, 1.807) is 0 Å². The fraction of sp³-hybridized carbons (Fsp3) is 0.786. The normalized spacial score (nSPS) is 15.8. The van der Waals surface area contributed by atoms with Crippen LogP contribution in [-0.4, -0.2) is 63.2 Å². The van der Waals surface area contributed by atoms with E-state index in [0.29, 0.717) is 6.54 Å². The summed E-state index contributed by atoms with van der Waals surface area (Å²) in [5.74, 6) is 0.357. The van der Waals surface area contributed by atoms with Gasteiger partial charge in [-0.3, -0.25) is 14.6 Å². The molecule has 0 aromatic heterocycles. The molecule has 0 aromatic carbocycles. The molecular weight excluding hydrogens is 401 g/mol. The summed E-state index contributed by atoms with van der Waals surface area (Å²) in [6.07, 6.45) is 1.78. The molecule has 22 heavy (non-hydrogen) atoms. The van der Waals surface area contributed by atoms with Gasteiger partial charge in [0.05, 0.1) is 33.1 Å². The highest BCUT2D eigenvalue weighted by Gasteiger charge is 2.26. The van der Waals surface area contributed by atoms with E-state index in [2.05, 4.69) is 19.9 Å². The van der Waals surface area contributed by atoms with Gasteiger partial charge in [0, 0.05) is 19.6 Å². The van der Waals surface area contributed by atoms with Crippen LogP contribution < -0.4 is 5.32 Å². The van der Waals surface area contributed by atoms with Crippen LogP contribution in [0.25, 0.3) is 0 Å². The van der Waals surface area contributed by atoms with Gasteiger partial charge in [0.2, 0.25) is 0 Å². The lowest BCUT2D eigenvalue weighted by Crippen LogP contribution is -2.46. The molecule has 8 heteroatoms. The first-order valence-corrected chi connectivity index (χ1v) is 7.30. The monoisotopic (exact) mass is 427 g/mol. The summed E-state index contributed by atoms with van der Waals surface area (Å²) in [5.41, 5.74) is 0. The molecule has 1 heterocycles. The Bertz CT molecular complexity index is 382. The average molecular weight is 427 g/mol. The Labute approximate surface area is 148 Å². The number of piperidine rings is 1. The lowest BCUT2D eigenvalue weighted by Gasteiger charge is -2.33. The smallest absolute Gasteiger partial charge is 0.308 e. The molecule has 0 amide bonds. The Morgan fingerprint density at radius 3 is 2.36 bits per heavy atom. The maximum atomic E-state index is 11.5. The van der Waals surface area contributed by atoms with Crippen molar-refractivity contribution < 1.29 is 19.1 Å². The van der Waals surface area contributed by atoms with E-state index in [9.17, 15) is 9.59 Å². The van der Waals surface area contributed by atoms with Crippen molar-refractivity contribution in [1.29, 1.82) is 0 Å². The van der Waals surface area contributed by atoms with E-state index in [-0.39, 0.29) is 48.3 Å². The Hall–Kier alpha value is -1.06. The second-order valence-corrected chi connectivity index (χ2v) is 4.85. The minimum Gasteiger partial charge on any atom is -0.469 e. The lowest BCUT2D eigenvalue weighted by atomic mass is 9.97. The summed E-state index contributed by atoms with van der Waals surface area (Å²) in [7, 11) is 2.79. The molecule has 0 aromatic rings. The average Bonchev–Trinajstić information content (AvgIpc) is 2.53. The second kappa shape index (κ2) is 11.5. The number of hydrogen-bond donors (Lipinski definition) is 1. The number of nitrogens with zero attached hydrogens (tertiary/aromatic N) is 2. The largest absolute Gasteiger partial charge is 0.469 e. The number of rotatable bonds is 5. The predicted molar refractivity (Wildman–Crippen MR) is 94.3 cm³/mol. The molecule has 1 rings (SSSR count). The van der Waals surface area contributed by atoms with Gasteiger partial charge in [-0.2, -0.15) is 0 Å². The number of hydrogen-bond acceptors (Lipinski definition) is 5. The van der Waals surface area contributed by atoms with Crippen molar-refractivity contribution in [2.24, 2.45) is 10.9 Å². The van der Waals surface area contributed by atoms with Gasteiger partial charge in [-0.1, -0.05) is 0 Å². The van der Waals surface area contributed by atoms with Crippen LogP contribution in [0.1, 0.15) is 26.2 Å². The zero-order valence-electron chi connectivity index (χ0n) is 13.5. The third-order valence-corrected chi connectivity index (χ3v) is 3.47. The van der Waals surface area contributed by atoms with Gasteiger partial charge in [-0.15, -0.1) is 24.0 Å². The van der Waals surface area contributed by atoms with Gasteiger partial charge < -0.3 is 19.7 Å². The van der Waals surface area contributed by atoms with Crippen LogP contribution in [0.4, 0.5) is 0 Å². The first kappa shape index (κ1) is 20.9. The van der Waals surface area contributed by atoms with Crippen LogP contribution in [0.5, 0.6) is 0 Å². The van der Waals surface area contributed by atoms with Crippen LogP contribution in [0, 0.1) is 5.92 Å². The Balaban J connectivity index is 0.00000441. The number of carbonyl (C=O) groups is 2. The first-order valence-electron chi connectivity index (χ1n) is 7.30. The van der Waals surface area contributed by atoms with Crippen LogP contribution in [0.3, 0.4) is 0 Å². The summed E-state index contributed by atoms with van der Waals surface area (Å²) < 4.78 is 9.38. The van der Waals surface area contributed by atoms with Crippen LogP contribution in [0.15, 0.2) is 4.99 Å². The molecule has 0 unspecified atom stereocenters. The van der Waals surface area contributed by atoms with Gasteiger partial charge in [0.15, 0.2) is 5.96 Å². The van der Waals surface area contributed by atoms with Crippen molar-refractivity contribution in [3.8, 4) is 0 Å². The maximum absolute atomic E-state index is 11.5. The zero-order chi connectivity index (χ0) is 15.7. The number of halogens is 1. The van der Waals surface area contributed by atoms with E-state index in [1.807, 2.05) is 6.92 Å². The van der Waals surface area contributed by atoms with Crippen molar-refractivity contribution in [1.82, 2.24) is 10.2 Å². The zero-order valence-corrected chi connectivity index (χ0v) is 15.8. The van der Waals surface area contributed by atoms with Crippen molar-refractivity contribution in [3.63, 3.8) is 0 Å². The van der Waals surface area contributed by atoms with Gasteiger partial charge in [0.1, 0.15) is 0 Å². The molecule has 1 fully saturated rings. The molecule has 128 valence electrons. The Kier molecular flexibility index (Phi) is 10.9. The molecule has 0 atom stereocenters. The third-order valence-electron chi connectivity index (χ3n) is 3.47. The third kappa shape index (κ3) is 6.80. The first-order chi connectivity index (χ1) is 10.1. The Morgan fingerprint density at radius 1 is 1.23 bits per heavy atom. The summed E-state index contributed by atoms with van der Waals surface area (Å²) in [4.78, 5) is 29.2. The van der Waals surface area contributed by atoms with Gasteiger partial charge in [-0.05, 0) is 19.8 Å². The molecule has 0 aliphatic carbocycles. The highest BCUT2D eigenvalue weighted by atomic mass is 127. The number of carbonyl (C=O) groups excluding carboxylic acids is 2. The molecule has 1 aliphatic rings. The molecule has 0 saturated carbocycles. The molecule has 0 bridgehead atoms. The number of methoxy groups -OCH3 is 2. The molecule has 1 aliphatic heterocycles. The summed E-state index contributed by atoms with van der Waals surface area (Å²) >= 11 is 0. The van der Waals surface area contributed by atoms with Crippen molar-refractivity contribution in [2.75, 3.05) is 40.4 Å². The van der Waals surface area contributed by atoms with Crippen molar-refractivity contribution in [3.05, 3.63) is 0 Å². The fourth-order valence-electron chi connectivity index (χ4n) is 2.27. The summed E-state index contributed by atoms with van der Waals surface area (Å²) in [6, 6.07) is 0. The standard InChI is InChI=1S/C14H25N3O4.HI/c1-4-15-14(16-8-5-12(18)20-2)17-9-6-11(7-10-17)13(19)21-3;/h11H,4-10H2,1-3H3,(H,15,16);1H. The SMILES string of the molecule is CCNC(=NCCC(=O)OC)N1CCC(C(=O)OC)CC1.I. The van der Waals surface area contributed by atoms with E-state index in [1.165, 1.54) is 14.2 Å². The summed E-state index contributed by atoms with van der Waals surface area (Å²) in [5, 5.41) is 3.21. The highest BCUT2D eigenvalue weighted by molar-refractivity contribution is 14.0. The van der Waals surface area contributed by atoms with E-state index >= 15 is 0 Å². The quantitative estimate of drug-likeness (QED) is 0.306. The second-order valence-electron chi connectivity index (χ2n) is 4.85. The van der Waals surface area contributed by atoms with Gasteiger partial charge in [-0.25, -0.2) is 0 Å². The number of likely N-dealkylation sites (tertiary alicyclic amines) is 1. The highest BCUT2D eigenvalue weighted by Crippen LogP contribution is 2.18. The molecule has 7 nitrogen and oxygen atoms in total. The van der Waals surface area contributed by atoms with E-state index < -0.39 is 0 Å². The van der Waals surface area contributed by atoms with Crippen molar-refractivity contribution >= 4 is 41.9 Å². The Morgan fingerprint density at radius 2 is 1.86 bits per heavy atom. The summed E-state index contributed by atoms with van der Waals surface area (Å²) in [6.45, 7) is 4.66. The number of ether oxygens (including phenoxy) is 2. The molecule has 1 saturated heterocycles. The van der Waals surface area contributed by atoms with Crippen LogP contribution >= 0.6 is 24.0 Å². The minimum absolute atomic E-state index is 0. The lowest BCUT2D eigenvalue weighted by molar-refractivity contribution is -0.146. The van der Waals surface area contributed by atoms with Gasteiger partial charge >= 0.3 is 11.9 Å². The molecule has 0 radical (unpaired) electrons. The van der Waals surface area contributed by atoms with Crippen LogP contribution in [-0.2, 0) is 19.1 Å². The fourth-order valence-corrected chi connectivity index (χ4v) is 2.27. The minimum atomic E-state index is -0.265. The topological polar surface area (TPSA) is 80.2 Å². The predicted octanol–water partition coefficient (Wildman–Crippen LogP) is 1.02. The molecule has 0 spiro atoms. The number of nitrogens with one attached hydrogen (secondary N) is 1. The number of guanidine groups is 1. The van der Waals surface area contributed by atoms with E-state index in [4.69, 9.17) is 4.74 Å². The number of esters is 2. The molecular formula is C14H26IN3O4. The van der Waals surface area contributed by atoms with Crippen molar-refractivity contribution in [2.45, 2.75) is 26.2 Å².